The number of carbonyl (C=O) groups is 2. The quantitative estimate of drug-likeness (QED) is 0.673. The van der Waals surface area contributed by atoms with Crippen LogP contribution in [0.4, 0.5) is 0 Å². The predicted molar refractivity (Wildman–Crippen MR) is 91.0 cm³/mol. The molecule has 1 N–H and O–H groups in total. The molecule has 0 amide bonds. The topological polar surface area (TPSA) is 77.8 Å². The highest BCUT2D eigenvalue weighted by molar-refractivity contribution is 5.90. The molecule has 0 spiro atoms. The molecule has 128 valence electrons. The van der Waals surface area contributed by atoms with Gasteiger partial charge in [-0.3, -0.25) is 4.79 Å². The largest absolute Gasteiger partial charge is 0.497 e. The van der Waals surface area contributed by atoms with Crippen LogP contribution in [-0.4, -0.2) is 34.3 Å². The van der Waals surface area contributed by atoms with Gasteiger partial charge in [-0.25, -0.2) is 4.79 Å². The van der Waals surface area contributed by atoms with Crippen molar-refractivity contribution < 1.29 is 24.2 Å². The molecule has 6 nitrogen and oxygen atoms in total. The first-order valence-corrected chi connectivity index (χ1v) is 7.50. The Bertz CT molecular complexity index is 796. The van der Waals surface area contributed by atoms with Gasteiger partial charge in [0.25, 0.3) is 0 Å². The molecule has 0 saturated heterocycles. The van der Waals surface area contributed by atoms with Gasteiger partial charge in [0.1, 0.15) is 17.9 Å². The van der Waals surface area contributed by atoms with E-state index in [9.17, 15) is 9.59 Å². The van der Waals surface area contributed by atoms with Crippen LogP contribution < -0.4 is 4.74 Å². The summed E-state index contributed by atoms with van der Waals surface area (Å²) < 4.78 is 12.3. The van der Waals surface area contributed by atoms with Crippen LogP contribution in [0.5, 0.6) is 5.75 Å². The van der Waals surface area contributed by atoms with E-state index in [2.05, 4.69) is 0 Å². The molecule has 0 unspecified atom stereocenters. The van der Waals surface area contributed by atoms with Crippen LogP contribution in [0, 0.1) is 0 Å². The van der Waals surface area contributed by atoms with Gasteiger partial charge in [-0.15, -0.1) is 0 Å². The van der Waals surface area contributed by atoms with Gasteiger partial charge in [0.2, 0.25) is 0 Å². The summed E-state index contributed by atoms with van der Waals surface area (Å²) in [5.74, 6) is -0.756. The van der Waals surface area contributed by atoms with Gasteiger partial charge in [0, 0.05) is 22.7 Å². The first kappa shape index (κ1) is 17.6. The molecule has 0 saturated carbocycles. The molecule has 0 radical (unpaired) electrons. The number of rotatable bonds is 5. The monoisotopic (exact) mass is 331 g/mol. The van der Waals surface area contributed by atoms with Gasteiger partial charge < -0.3 is 19.1 Å². The number of fused-ring (bicyclic) bond motifs is 1. The minimum atomic E-state index is -1.05. The Labute approximate surface area is 140 Å². The summed E-state index contributed by atoms with van der Waals surface area (Å²) >= 11 is 0. The van der Waals surface area contributed by atoms with Crippen molar-refractivity contribution in [1.82, 2.24) is 4.57 Å². The summed E-state index contributed by atoms with van der Waals surface area (Å²) in [5.41, 5.74) is 0.818. The van der Waals surface area contributed by atoms with E-state index in [4.69, 9.17) is 14.6 Å². The summed E-state index contributed by atoms with van der Waals surface area (Å²) in [6.45, 7) is 5.39. The Morgan fingerprint density at radius 3 is 2.54 bits per heavy atom. The second-order valence-corrected chi connectivity index (χ2v) is 6.34. The van der Waals surface area contributed by atoms with Gasteiger partial charge in [-0.1, -0.05) is 0 Å². The number of carboxylic acid groups (broad SMARTS) is 1. The van der Waals surface area contributed by atoms with Gasteiger partial charge in [-0.2, -0.15) is 0 Å². The maximum atomic E-state index is 12.2. The van der Waals surface area contributed by atoms with Crippen LogP contribution >= 0.6 is 0 Å². The molecule has 2 rings (SSSR count). The number of benzene rings is 1. The zero-order chi connectivity index (χ0) is 17.9. The molecule has 24 heavy (non-hydrogen) atoms. The lowest BCUT2D eigenvalue weighted by Gasteiger charge is -2.20. The Morgan fingerprint density at radius 2 is 1.96 bits per heavy atom. The SMILES string of the molecule is COc1ccc2c(c1)cc(C=CC(=O)O)n2CC(=O)OC(C)(C)C. The Kier molecular flexibility index (Phi) is 4.97. The average molecular weight is 331 g/mol. The third-order valence-corrected chi connectivity index (χ3v) is 3.24. The fourth-order valence-corrected chi connectivity index (χ4v) is 2.37. The Morgan fingerprint density at radius 1 is 1.25 bits per heavy atom. The van der Waals surface area contributed by atoms with E-state index in [0.29, 0.717) is 11.4 Å². The van der Waals surface area contributed by atoms with Crippen LogP contribution in [0.2, 0.25) is 0 Å². The molecule has 1 heterocycles. The van der Waals surface area contributed by atoms with E-state index in [1.807, 2.05) is 18.2 Å². The van der Waals surface area contributed by atoms with Crippen molar-refractivity contribution in [2.45, 2.75) is 32.9 Å². The molecular formula is C18H21NO5. The fraction of sp³-hybridized carbons (Fsp3) is 0.333. The molecule has 0 atom stereocenters. The molecule has 0 fully saturated rings. The van der Waals surface area contributed by atoms with E-state index in [0.717, 1.165) is 17.0 Å². The molecule has 6 heteroatoms. The number of carboxylic acids is 1. The van der Waals surface area contributed by atoms with Gasteiger partial charge >= 0.3 is 11.9 Å². The zero-order valence-electron chi connectivity index (χ0n) is 14.2. The number of nitrogens with zero attached hydrogens (tertiary/aromatic N) is 1. The summed E-state index contributed by atoms with van der Waals surface area (Å²) in [5, 5.41) is 9.70. The first-order valence-electron chi connectivity index (χ1n) is 7.50. The maximum Gasteiger partial charge on any atom is 0.328 e. The van der Waals surface area contributed by atoms with Crippen molar-refractivity contribution in [2.75, 3.05) is 7.11 Å². The van der Waals surface area contributed by atoms with Crippen LogP contribution in [-0.2, 0) is 20.9 Å². The smallest absolute Gasteiger partial charge is 0.328 e. The molecule has 0 bridgehead atoms. The van der Waals surface area contributed by atoms with Crippen molar-refractivity contribution in [3.8, 4) is 5.75 Å². The van der Waals surface area contributed by atoms with E-state index in [1.54, 1.807) is 38.5 Å². The number of aliphatic carboxylic acids is 1. The van der Waals surface area contributed by atoms with Crippen molar-refractivity contribution in [3.63, 3.8) is 0 Å². The third-order valence-electron chi connectivity index (χ3n) is 3.24. The maximum absolute atomic E-state index is 12.2. The lowest BCUT2D eigenvalue weighted by atomic mass is 10.2. The minimum Gasteiger partial charge on any atom is -0.497 e. The van der Waals surface area contributed by atoms with E-state index < -0.39 is 11.6 Å². The second kappa shape index (κ2) is 6.78. The van der Waals surface area contributed by atoms with E-state index in [-0.39, 0.29) is 12.5 Å². The zero-order valence-corrected chi connectivity index (χ0v) is 14.2. The van der Waals surface area contributed by atoms with Crippen LogP contribution in [0.15, 0.2) is 30.3 Å². The third kappa shape index (κ3) is 4.38. The number of ether oxygens (including phenoxy) is 2. The number of methoxy groups -OCH3 is 1. The summed E-state index contributed by atoms with van der Waals surface area (Å²) in [6.07, 6.45) is 2.50. The average Bonchev–Trinajstić information content (AvgIpc) is 2.80. The Balaban J connectivity index is 2.45. The lowest BCUT2D eigenvalue weighted by molar-refractivity contribution is -0.155. The lowest BCUT2D eigenvalue weighted by Crippen LogP contribution is -2.26. The minimum absolute atomic E-state index is 0.00755. The number of hydrogen-bond acceptors (Lipinski definition) is 4. The van der Waals surface area contributed by atoms with Crippen LogP contribution in [0.25, 0.3) is 17.0 Å². The summed E-state index contributed by atoms with van der Waals surface area (Å²) in [6, 6.07) is 7.26. The molecular weight excluding hydrogens is 310 g/mol. The molecule has 2 aromatic rings. The van der Waals surface area contributed by atoms with Crippen molar-refractivity contribution in [1.29, 1.82) is 0 Å². The van der Waals surface area contributed by atoms with Crippen molar-refractivity contribution in [3.05, 3.63) is 36.0 Å². The van der Waals surface area contributed by atoms with Crippen LogP contribution in [0.3, 0.4) is 0 Å². The number of hydrogen-bond donors (Lipinski definition) is 1. The van der Waals surface area contributed by atoms with Gasteiger partial charge in [-0.05, 0) is 51.1 Å². The van der Waals surface area contributed by atoms with Crippen molar-refractivity contribution >= 4 is 28.9 Å². The molecule has 0 aliphatic carbocycles. The summed E-state index contributed by atoms with van der Waals surface area (Å²) in [7, 11) is 1.57. The second-order valence-electron chi connectivity index (χ2n) is 6.34. The Hall–Kier alpha value is -2.76. The van der Waals surface area contributed by atoms with E-state index in [1.165, 1.54) is 6.08 Å². The van der Waals surface area contributed by atoms with Gasteiger partial charge in [0.15, 0.2) is 0 Å². The molecule has 1 aromatic carbocycles. The normalized spacial score (nSPS) is 11.8. The summed E-state index contributed by atoms with van der Waals surface area (Å²) in [4.78, 5) is 23.0. The predicted octanol–water partition coefficient (Wildman–Crippen LogP) is 3.09. The molecule has 0 aliphatic rings. The van der Waals surface area contributed by atoms with Crippen molar-refractivity contribution in [2.24, 2.45) is 0 Å². The highest BCUT2D eigenvalue weighted by atomic mass is 16.6. The highest BCUT2D eigenvalue weighted by Gasteiger charge is 2.18. The van der Waals surface area contributed by atoms with Gasteiger partial charge in [0.05, 0.1) is 7.11 Å². The molecule has 1 aromatic heterocycles. The number of carbonyl (C=O) groups excluding carboxylic acids is 1. The fourth-order valence-electron chi connectivity index (χ4n) is 2.37. The van der Waals surface area contributed by atoms with E-state index >= 15 is 0 Å². The number of aromatic nitrogens is 1. The first-order chi connectivity index (χ1) is 11.2. The highest BCUT2D eigenvalue weighted by Crippen LogP contribution is 2.26. The standard InChI is InChI=1S/C18H21NO5/c1-18(2,3)24-17(22)11-19-13(5-8-16(20)21)9-12-10-14(23-4)6-7-15(12)19/h5-10H,11H2,1-4H3,(H,20,21). The van der Waals surface area contributed by atoms with Crippen LogP contribution in [0.1, 0.15) is 26.5 Å². The molecule has 0 aliphatic heterocycles. The number of esters is 1.